The quantitative estimate of drug-likeness (QED) is 0.502. The standard InChI is InChI=1S/C9H12N4O4/c1-4(14)6-7(10-8(6)15)13-3-5(11-12-13)9(16)17-2/h3-4,6-7,14H,1-2H3,(H,10,15)/t4-,6-,7-/m1/s1. The van der Waals surface area contributed by atoms with Crippen molar-refractivity contribution in [3.63, 3.8) is 0 Å². The summed E-state index contributed by atoms with van der Waals surface area (Å²) in [4.78, 5) is 22.4. The van der Waals surface area contributed by atoms with E-state index in [1.807, 2.05) is 0 Å². The summed E-state index contributed by atoms with van der Waals surface area (Å²) in [5.74, 6) is -1.43. The summed E-state index contributed by atoms with van der Waals surface area (Å²) < 4.78 is 5.81. The van der Waals surface area contributed by atoms with E-state index in [4.69, 9.17) is 0 Å². The molecular formula is C9H12N4O4. The van der Waals surface area contributed by atoms with Crippen molar-refractivity contribution in [2.24, 2.45) is 5.92 Å². The van der Waals surface area contributed by atoms with Crippen molar-refractivity contribution in [2.45, 2.75) is 19.2 Å². The van der Waals surface area contributed by atoms with Gasteiger partial charge in [0.2, 0.25) is 5.91 Å². The van der Waals surface area contributed by atoms with Gasteiger partial charge in [-0.1, -0.05) is 5.21 Å². The topological polar surface area (TPSA) is 106 Å². The van der Waals surface area contributed by atoms with Gasteiger partial charge in [-0.2, -0.15) is 0 Å². The second-order valence-electron chi connectivity index (χ2n) is 3.80. The van der Waals surface area contributed by atoms with Crippen LogP contribution in [0.15, 0.2) is 6.20 Å². The van der Waals surface area contributed by atoms with E-state index in [1.165, 1.54) is 24.9 Å². The molecule has 92 valence electrons. The molecule has 0 saturated carbocycles. The highest BCUT2D eigenvalue weighted by atomic mass is 16.5. The van der Waals surface area contributed by atoms with E-state index in [-0.39, 0.29) is 11.6 Å². The molecule has 3 atom stereocenters. The Bertz CT molecular complexity index is 456. The Labute approximate surface area is 96.6 Å². The molecule has 1 aromatic heterocycles. The predicted molar refractivity (Wildman–Crippen MR) is 53.7 cm³/mol. The van der Waals surface area contributed by atoms with E-state index >= 15 is 0 Å². The number of methoxy groups -OCH3 is 1. The minimum Gasteiger partial charge on any atom is -0.464 e. The molecule has 8 nitrogen and oxygen atoms in total. The summed E-state index contributed by atoms with van der Waals surface area (Å²) in [5, 5.41) is 19.3. The third-order valence-corrected chi connectivity index (χ3v) is 2.64. The van der Waals surface area contributed by atoms with E-state index in [0.717, 1.165) is 0 Å². The van der Waals surface area contributed by atoms with Crippen LogP contribution in [0.25, 0.3) is 0 Å². The molecule has 1 saturated heterocycles. The maximum atomic E-state index is 11.2. The molecule has 8 heteroatoms. The zero-order valence-electron chi connectivity index (χ0n) is 9.32. The van der Waals surface area contributed by atoms with Crippen molar-refractivity contribution in [3.05, 3.63) is 11.9 Å². The Morgan fingerprint density at radius 3 is 2.94 bits per heavy atom. The van der Waals surface area contributed by atoms with Gasteiger partial charge >= 0.3 is 5.97 Å². The number of hydrogen-bond donors (Lipinski definition) is 2. The van der Waals surface area contributed by atoms with Crippen molar-refractivity contribution in [1.29, 1.82) is 0 Å². The number of aliphatic hydroxyl groups is 1. The molecule has 1 amide bonds. The number of amides is 1. The van der Waals surface area contributed by atoms with Crippen molar-refractivity contribution in [3.8, 4) is 0 Å². The average molecular weight is 240 g/mol. The van der Waals surface area contributed by atoms with Crippen molar-refractivity contribution in [2.75, 3.05) is 7.11 Å². The van der Waals surface area contributed by atoms with Crippen LogP contribution in [0.5, 0.6) is 0 Å². The second kappa shape index (κ2) is 4.13. The Balaban J connectivity index is 2.16. The second-order valence-corrected chi connectivity index (χ2v) is 3.80. The zero-order chi connectivity index (χ0) is 12.6. The number of hydrogen-bond acceptors (Lipinski definition) is 6. The van der Waals surface area contributed by atoms with Crippen LogP contribution >= 0.6 is 0 Å². The number of carbonyl (C=O) groups excluding carboxylic acids is 2. The fourth-order valence-electron chi connectivity index (χ4n) is 1.70. The molecule has 0 spiro atoms. The Kier molecular flexibility index (Phi) is 2.80. The highest BCUT2D eigenvalue weighted by Gasteiger charge is 2.44. The molecule has 1 fully saturated rings. The summed E-state index contributed by atoms with van der Waals surface area (Å²) in [6.07, 6.45) is 0.0960. The van der Waals surface area contributed by atoms with Crippen LogP contribution in [0.2, 0.25) is 0 Å². The van der Waals surface area contributed by atoms with Gasteiger partial charge in [-0.3, -0.25) is 4.79 Å². The normalized spacial score (nSPS) is 24.8. The van der Waals surface area contributed by atoms with E-state index in [2.05, 4.69) is 20.4 Å². The van der Waals surface area contributed by atoms with Gasteiger partial charge in [-0.05, 0) is 6.92 Å². The van der Waals surface area contributed by atoms with Gasteiger partial charge in [0.25, 0.3) is 0 Å². The summed E-state index contributed by atoms with van der Waals surface area (Å²) in [7, 11) is 1.24. The highest BCUT2D eigenvalue weighted by Crippen LogP contribution is 2.27. The molecular weight excluding hydrogens is 228 g/mol. The van der Waals surface area contributed by atoms with Gasteiger partial charge in [-0.25, -0.2) is 9.48 Å². The van der Waals surface area contributed by atoms with Crippen molar-refractivity contribution in [1.82, 2.24) is 20.3 Å². The first-order valence-electron chi connectivity index (χ1n) is 5.03. The Morgan fingerprint density at radius 2 is 2.41 bits per heavy atom. The number of aliphatic hydroxyl groups excluding tert-OH is 1. The van der Waals surface area contributed by atoms with Crippen LogP contribution in [-0.4, -0.2) is 45.2 Å². The van der Waals surface area contributed by atoms with Gasteiger partial charge in [0.05, 0.1) is 19.4 Å². The van der Waals surface area contributed by atoms with E-state index in [1.54, 1.807) is 0 Å². The van der Waals surface area contributed by atoms with Crippen LogP contribution in [-0.2, 0) is 9.53 Å². The van der Waals surface area contributed by atoms with Crippen LogP contribution < -0.4 is 5.32 Å². The maximum absolute atomic E-state index is 11.2. The fourth-order valence-corrected chi connectivity index (χ4v) is 1.70. The zero-order valence-corrected chi connectivity index (χ0v) is 9.32. The van der Waals surface area contributed by atoms with Crippen molar-refractivity contribution >= 4 is 11.9 Å². The number of nitrogens with one attached hydrogen (secondary N) is 1. The van der Waals surface area contributed by atoms with E-state index in [9.17, 15) is 14.7 Å². The first kappa shape index (κ1) is 11.5. The lowest BCUT2D eigenvalue weighted by molar-refractivity contribution is -0.145. The third kappa shape index (κ3) is 1.86. The molecule has 2 rings (SSSR count). The number of aromatic nitrogens is 3. The molecule has 1 aromatic rings. The van der Waals surface area contributed by atoms with Gasteiger partial charge in [0, 0.05) is 0 Å². The molecule has 1 aliphatic heterocycles. The Morgan fingerprint density at radius 1 is 1.71 bits per heavy atom. The lowest BCUT2D eigenvalue weighted by Gasteiger charge is -2.37. The average Bonchev–Trinajstić information content (AvgIpc) is 2.72. The summed E-state index contributed by atoms with van der Waals surface area (Å²) in [6, 6.07) is 0. The Hall–Kier alpha value is -1.96. The van der Waals surface area contributed by atoms with Gasteiger partial charge in [0.15, 0.2) is 5.69 Å². The molecule has 2 heterocycles. The maximum Gasteiger partial charge on any atom is 0.360 e. The minimum absolute atomic E-state index is 0.0537. The molecule has 17 heavy (non-hydrogen) atoms. The largest absolute Gasteiger partial charge is 0.464 e. The SMILES string of the molecule is COC(=O)c1cn([C@H]2NC(=O)[C@@H]2[C@@H](C)O)nn1. The summed E-state index contributed by atoms with van der Waals surface area (Å²) in [5.41, 5.74) is 0.0537. The predicted octanol–water partition coefficient (Wildman–Crippen LogP) is -1.31. The van der Waals surface area contributed by atoms with Gasteiger partial charge < -0.3 is 15.2 Å². The van der Waals surface area contributed by atoms with Crippen LogP contribution in [0.1, 0.15) is 23.6 Å². The van der Waals surface area contributed by atoms with Crippen LogP contribution in [0.4, 0.5) is 0 Å². The highest BCUT2D eigenvalue weighted by molar-refractivity contribution is 5.87. The molecule has 0 aliphatic carbocycles. The molecule has 1 aliphatic rings. The van der Waals surface area contributed by atoms with E-state index < -0.39 is 24.2 Å². The molecule has 0 bridgehead atoms. The lowest BCUT2D eigenvalue weighted by Crippen LogP contribution is -2.58. The van der Waals surface area contributed by atoms with Crippen LogP contribution in [0, 0.1) is 5.92 Å². The smallest absolute Gasteiger partial charge is 0.360 e. The first-order valence-corrected chi connectivity index (χ1v) is 5.03. The first-order chi connectivity index (χ1) is 8.04. The van der Waals surface area contributed by atoms with E-state index in [0.29, 0.717) is 0 Å². The summed E-state index contributed by atoms with van der Waals surface area (Å²) >= 11 is 0. The number of rotatable bonds is 3. The van der Waals surface area contributed by atoms with Gasteiger partial charge in [0.1, 0.15) is 12.1 Å². The monoisotopic (exact) mass is 240 g/mol. The molecule has 0 aromatic carbocycles. The fraction of sp³-hybridized carbons (Fsp3) is 0.556. The molecule has 0 unspecified atom stereocenters. The number of β-lactam (4-membered cyclic amide) rings is 1. The third-order valence-electron chi connectivity index (χ3n) is 2.64. The number of ether oxygens (including phenoxy) is 1. The molecule has 2 N–H and O–H groups in total. The number of esters is 1. The van der Waals surface area contributed by atoms with Crippen LogP contribution in [0.3, 0.4) is 0 Å². The summed E-state index contributed by atoms with van der Waals surface area (Å²) in [6.45, 7) is 1.52. The lowest BCUT2D eigenvalue weighted by atomic mass is 9.92. The number of carbonyl (C=O) groups is 2. The van der Waals surface area contributed by atoms with Gasteiger partial charge in [-0.15, -0.1) is 5.10 Å². The molecule has 0 radical (unpaired) electrons. The minimum atomic E-state index is -0.792. The number of nitrogens with zero attached hydrogens (tertiary/aromatic N) is 3. The van der Waals surface area contributed by atoms with Crippen molar-refractivity contribution < 1.29 is 19.4 Å².